The topological polar surface area (TPSA) is 47.6 Å². The first kappa shape index (κ1) is 21.1. The van der Waals surface area contributed by atoms with E-state index in [0.29, 0.717) is 25.7 Å². The zero-order valence-electron chi connectivity index (χ0n) is 16.6. The summed E-state index contributed by atoms with van der Waals surface area (Å²) >= 11 is 0. The first-order valence-corrected chi connectivity index (χ1v) is 9.75. The molecule has 0 aliphatic heterocycles. The highest BCUT2D eigenvalue weighted by Gasteiger charge is 2.45. The number of esters is 1. The van der Waals surface area contributed by atoms with Gasteiger partial charge in [0.15, 0.2) is 0 Å². The van der Waals surface area contributed by atoms with E-state index in [1.165, 1.54) is 0 Å². The number of likely N-dealkylation sites (N-methyl/N-ethyl adjacent to an activating group) is 1. The summed E-state index contributed by atoms with van der Waals surface area (Å²) in [5, 5.41) is 3.00. The van der Waals surface area contributed by atoms with Gasteiger partial charge in [-0.15, -0.1) is 0 Å². The molecule has 0 heterocycles. The number of hydrogen-bond donors (Lipinski definition) is 1. The lowest BCUT2D eigenvalue weighted by Gasteiger charge is -2.34. The molecule has 4 heteroatoms. The Morgan fingerprint density at radius 1 is 0.963 bits per heavy atom. The van der Waals surface area contributed by atoms with Crippen molar-refractivity contribution in [2.75, 3.05) is 26.8 Å². The van der Waals surface area contributed by atoms with E-state index in [4.69, 9.17) is 9.47 Å². The van der Waals surface area contributed by atoms with Crippen LogP contribution in [-0.2, 0) is 19.9 Å². The number of nitrogens with one attached hydrogen (secondary N) is 1. The molecular weight excluding hydrogens is 338 g/mol. The molecule has 2 aromatic rings. The van der Waals surface area contributed by atoms with Crippen molar-refractivity contribution in [3.63, 3.8) is 0 Å². The van der Waals surface area contributed by atoms with Gasteiger partial charge >= 0.3 is 5.97 Å². The summed E-state index contributed by atoms with van der Waals surface area (Å²) in [7, 11) is 1.83. The predicted molar refractivity (Wildman–Crippen MR) is 109 cm³/mol. The second-order valence-electron chi connectivity index (χ2n) is 6.65. The molecule has 0 spiro atoms. The van der Waals surface area contributed by atoms with Crippen LogP contribution in [0.4, 0.5) is 0 Å². The fourth-order valence-electron chi connectivity index (χ4n) is 3.09. The maximum Gasteiger partial charge on any atom is 0.347 e. The lowest BCUT2D eigenvalue weighted by atomic mass is 9.85. The molecule has 27 heavy (non-hydrogen) atoms. The van der Waals surface area contributed by atoms with Gasteiger partial charge in [-0.05, 0) is 24.1 Å². The van der Waals surface area contributed by atoms with Crippen molar-refractivity contribution in [3.05, 3.63) is 71.8 Å². The molecule has 0 radical (unpaired) electrons. The number of carbonyl (C=O) groups is 1. The maximum absolute atomic E-state index is 13.4. The van der Waals surface area contributed by atoms with Gasteiger partial charge in [0.1, 0.15) is 6.61 Å². The SMILES string of the molecule is CCC(CC)COC(C(=O)OCCNC)(c1ccccc1)c1ccccc1. The van der Waals surface area contributed by atoms with Crippen LogP contribution in [-0.4, -0.2) is 32.8 Å². The Morgan fingerprint density at radius 3 is 1.93 bits per heavy atom. The Hall–Kier alpha value is -2.17. The molecule has 2 aromatic carbocycles. The van der Waals surface area contributed by atoms with Crippen LogP contribution in [0.2, 0.25) is 0 Å². The van der Waals surface area contributed by atoms with E-state index in [1.807, 2.05) is 67.7 Å². The molecule has 0 saturated heterocycles. The second-order valence-corrected chi connectivity index (χ2v) is 6.65. The van der Waals surface area contributed by atoms with Crippen LogP contribution < -0.4 is 5.32 Å². The molecule has 0 fully saturated rings. The van der Waals surface area contributed by atoms with Crippen LogP contribution in [0.15, 0.2) is 60.7 Å². The standard InChI is InChI=1S/C23H31NO3/c1-4-19(5-2)18-27-23(20-12-8-6-9-13-20,21-14-10-7-11-15-21)22(25)26-17-16-24-3/h6-15,19,24H,4-5,16-18H2,1-3H3. The van der Waals surface area contributed by atoms with Gasteiger partial charge in [0.25, 0.3) is 0 Å². The van der Waals surface area contributed by atoms with E-state index in [9.17, 15) is 4.79 Å². The quantitative estimate of drug-likeness (QED) is 0.478. The van der Waals surface area contributed by atoms with Gasteiger partial charge in [-0.3, -0.25) is 0 Å². The van der Waals surface area contributed by atoms with Crippen LogP contribution in [0.1, 0.15) is 37.8 Å². The molecule has 0 amide bonds. The monoisotopic (exact) mass is 369 g/mol. The minimum absolute atomic E-state index is 0.297. The minimum atomic E-state index is -1.27. The van der Waals surface area contributed by atoms with Crippen molar-refractivity contribution >= 4 is 5.97 Å². The lowest BCUT2D eigenvalue weighted by molar-refractivity contribution is -0.170. The Bertz CT molecular complexity index is 629. The molecular formula is C23H31NO3. The molecule has 146 valence electrons. The number of carbonyl (C=O) groups excluding carboxylic acids is 1. The van der Waals surface area contributed by atoms with Crippen molar-refractivity contribution in [2.24, 2.45) is 5.92 Å². The zero-order valence-corrected chi connectivity index (χ0v) is 16.6. The largest absolute Gasteiger partial charge is 0.462 e. The fraction of sp³-hybridized carbons (Fsp3) is 0.435. The van der Waals surface area contributed by atoms with Crippen molar-refractivity contribution in [2.45, 2.75) is 32.3 Å². The Kier molecular flexibility index (Phi) is 8.49. The summed E-state index contributed by atoms with van der Waals surface area (Å²) in [6.45, 7) is 5.69. The Balaban J connectivity index is 2.49. The molecule has 0 unspecified atom stereocenters. The summed E-state index contributed by atoms with van der Waals surface area (Å²) in [6.07, 6.45) is 2.01. The van der Waals surface area contributed by atoms with Crippen molar-refractivity contribution in [1.82, 2.24) is 5.32 Å². The smallest absolute Gasteiger partial charge is 0.347 e. The summed E-state index contributed by atoms with van der Waals surface area (Å²) in [6, 6.07) is 19.3. The van der Waals surface area contributed by atoms with Gasteiger partial charge in [-0.2, -0.15) is 0 Å². The van der Waals surface area contributed by atoms with Crippen LogP contribution in [0, 0.1) is 5.92 Å². The maximum atomic E-state index is 13.4. The molecule has 0 atom stereocenters. The molecule has 0 bridgehead atoms. The first-order valence-electron chi connectivity index (χ1n) is 9.75. The van der Waals surface area contributed by atoms with Crippen molar-refractivity contribution in [1.29, 1.82) is 0 Å². The van der Waals surface area contributed by atoms with E-state index in [2.05, 4.69) is 19.2 Å². The fourth-order valence-corrected chi connectivity index (χ4v) is 3.09. The van der Waals surface area contributed by atoms with Gasteiger partial charge in [0, 0.05) is 6.54 Å². The number of hydrogen-bond acceptors (Lipinski definition) is 4. The van der Waals surface area contributed by atoms with Crippen LogP contribution in [0.3, 0.4) is 0 Å². The van der Waals surface area contributed by atoms with Crippen molar-refractivity contribution < 1.29 is 14.3 Å². The number of ether oxygens (including phenoxy) is 2. The van der Waals surface area contributed by atoms with E-state index >= 15 is 0 Å². The van der Waals surface area contributed by atoms with E-state index in [1.54, 1.807) is 0 Å². The molecule has 1 N–H and O–H groups in total. The molecule has 4 nitrogen and oxygen atoms in total. The average molecular weight is 370 g/mol. The third-order valence-corrected chi connectivity index (χ3v) is 4.92. The highest BCUT2D eigenvalue weighted by Crippen LogP contribution is 2.36. The molecule has 0 aliphatic rings. The summed E-state index contributed by atoms with van der Waals surface area (Å²) < 4.78 is 12.1. The number of benzene rings is 2. The van der Waals surface area contributed by atoms with Gasteiger partial charge in [0.05, 0.1) is 6.61 Å². The minimum Gasteiger partial charge on any atom is -0.462 e. The van der Waals surface area contributed by atoms with Crippen LogP contribution in [0.5, 0.6) is 0 Å². The third-order valence-electron chi connectivity index (χ3n) is 4.92. The van der Waals surface area contributed by atoms with Gasteiger partial charge in [0.2, 0.25) is 5.60 Å². The predicted octanol–water partition coefficient (Wildman–Crippen LogP) is 4.15. The summed E-state index contributed by atoms with van der Waals surface area (Å²) in [5.74, 6) is 0.0167. The van der Waals surface area contributed by atoms with Gasteiger partial charge in [-0.25, -0.2) is 4.79 Å². The molecule has 0 aromatic heterocycles. The highest BCUT2D eigenvalue weighted by molar-refractivity contribution is 5.85. The second kappa shape index (κ2) is 10.9. The van der Waals surface area contributed by atoms with E-state index in [-0.39, 0.29) is 5.97 Å². The van der Waals surface area contributed by atoms with Gasteiger partial charge in [-0.1, -0.05) is 87.4 Å². The van der Waals surface area contributed by atoms with E-state index < -0.39 is 5.60 Å². The zero-order chi connectivity index (χ0) is 19.5. The first-order chi connectivity index (χ1) is 13.2. The summed E-state index contributed by atoms with van der Waals surface area (Å²) in [4.78, 5) is 13.4. The molecule has 0 saturated carbocycles. The Morgan fingerprint density at radius 2 is 1.48 bits per heavy atom. The Labute approximate surface area is 162 Å². The normalized spacial score (nSPS) is 11.6. The molecule has 2 rings (SSSR count). The average Bonchev–Trinajstić information content (AvgIpc) is 2.73. The van der Waals surface area contributed by atoms with Crippen LogP contribution in [0.25, 0.3) is 0 Å². The van der Waals surface area contributed by atoms with E-state index in [0.717, 1.165) is 24.0 Å². The third kappa shape index (κ3) is 5.18. The van der Waals surface area contributed by atoms with Crippen LogP contribution >= 0.6 is 0 Å². The lowest BCUT2D eigenvalue weighted by Crippen LogP contribution is -2.43. The molecule has 0 aliphatic carbocycles. The highest BCUT2D eigenvalue weighted by atomic mass is 16.6. The number of rotatable bonds is 11. The van der Waals surface area contributed by atoms with Crippen molar-refractivity contribution in [3.8, 4) is 0 Å². The summed E-state index contributed by atoms with van der Waals surface area (Å²) in [5.41, 5.74) is 0.312. The van der Waals surface area contributed by atoms with Gasteiger partial charge < -0.3 is 14.8 Å².